The van der Waals surface area contributed by atoms with Crippen LogP contribution in [0.1, 0.15) is 11.1 Å². The Morgan fingerprint density at radius 3 is 2.90 bits per heavy atom. The molecule has 2 N–H and O–H groups in total. The number of rotatable bonds is 5. The average molecular weight is 289 g/mol. The molecular weight excluding hydrogens is 273 g/mol. The molecule has 0 aliphatic rings. The van der Waals surface area contributed by atoms with Crippen molar-refractivity contribution in [2.75, 3.05) is 12.4 Å². The van der Waals surface area contributed by atoms with Gasteiger partial charge in [-0.15, -0.1) is 0 Å². The number of urea groups is 1. The summed E-state index contributed by atoms with van der Waals surface area (Å²) in [6.45, 7) is 0.859. The van der Waals surface area contributed by atoms with Gasteiger partial charge in [-0.3, -0.25) is 4.98 Å². The number of halogens is 1. The highest BCUT2D eigenvalue weighted by molar-refractivity contribution is 5.89. The monoisotopic (exact) mass is 289 g/mol. The number of carbonyl (C=O) groups is 1. The number of carbonyl (C=O) groups excluding carboxylic acids is 1. The average Bonchev–Trinajstić information content (AvgIpc) is 2.48. The summed E-state index contributed by atoms with van der Waals surface area (Å²) in [5, 5.41) is 5.10. The third-order valence-electron chi connectivity index (χ3n) is 2.78. The van der Waals surface area contributed by atoms with Gasteiger partial charge in [0.25, 0.3) is 0 Å². The van der Waals surface area contributed by atoms with Gasteiger partial charge in [0.15, 0.2) is 5.82 Å². The summed E-state index contributed by atoms with van der Waals surface area (Å²) in [6.07, 6.45) is 2.46. The standard InChI is InChI=1S/C15H16FN3O2/c1-21-10-12-4-2-3-11(7-12)8-18-15(20)19-14-5-6-17-9-13(14)16/h2-7,9H,8,10H2,1H3,(H2,17,18,19,20). The topological polar surface area (TPSA) is 63.2 Å². The Hall–Kier alpha value is -2.47. The minimum Gasteiger partial charge on any atom is -0.380 e. The number of ether oxygens (including phenoxy) is 1. The Morgan fingerprint density at radius 1 is 1.33 bits per heavy atom. The van der Waals surface area contributed by atoms with Crippen LogP contribution in [-0.2, 0) is 17.9 Å². The number of benzene rings is 1. The van der Waals surface area contributed by atoms with Crippen LogP contribution in [0.4, 0.5) is 14.9 Å². The van der Waals surface area contributed by atoms with E-state index in [9.17, 15) is 9.18 Å². The van der Waals surface area contributed by atoms with Crippen LogP contribution in [0, 0.1) is 5.82 Å². The van der Waals surface area contributed by atoms with Crippen LogP contribution in [0.2, 0.25) is 0 Å². The normalized spacial score (nSPS) is 10.2. The lowest BCUT2D eigenvalue weighted by atomic mass is 10.1. The number of aromatic nitrogens is 1. The maximum Gasteiger partial charge on any atom is 0.319 e. The van der Waals surface area contributed by atoms with Crippen molar-refractivity contribution >= 4 is 11.7 Å². The van der Waals surface area contributed by atoms with Crippen molar-refractivity contribution in [1.82, 2.24) is 10.3 Å². The molecule has 0 aliphatic carbocycles. The number of hydrogen-bond donors (Lipinski definition) is 2. The molecule has 0 spiro atoms. The molecule has 6 heteroatoms. The first kappa shape index (κ1) is 14.9. The summed E-state index contributed by atoms with van der Waals surface area (Å²) in [4.78, 5) is 15.3. The van der Waals surface area contributed by atoms with E-state index in [0.29, 0.717) is 13.2 Å². The minimum atomic E-state index is -0.574. The number of anilines is 1. The van der Waals surface area contributed by atoms with Gasteiger partial charge < -0.3 is 15.4 Å². The molecule has 2 rings (SSSR count). The second kappa shape index (κ2) is 7.35. The summed E-state index contributed by atoms with van der Waals surface area (Å²) in [6, 6.07) is 8.60. The number of hydrogen-bond acceptors (Lipinski definition) is 3. The molecule has 0 bridgehead atoms. The van der Waals surface area contributed by atoms with Gasteiger partial charge in [-0.2, -0.15) is 0 Å². The quantitative estimate of drug-likeness (QED) is 0.889. The number of methoxy groups -OCH3 is 1. The molecule has 5 nitrogen and oxygen atoms in total. The molecule has 0 unspecified atom stereocenters. The lowest BCUT2D eigenvalue weighted by Gasteiger charge is -2.09. The number of nitrogens with one attached hydrogen (secondary N) is 2. The maximum absolute atomic E-state index is 13.3. The predicted octanol–water partition coefficient (Wildman–Crippen LogP) is 2.69. The minimum absolute atomic E-state index is 0.0932. The second-order valence-electron chi connectivity index (χ2n) is 4.42. The molecule has 110 valence electrons. The molecular formula is C15H16FN3O2. The van der Waals surface area contributed by atoms with Crippen LogP contribution in [0.5, 0.6) is 0 Å². The van der Waals surface area contributed by atoms with E-state index in [1.807, 2.05) is 24.3 Å². The molecule has 1 aromatic carbocycles. The largest absolute Gasteiger partial charge is 0.380 e. The Kier molecular flexibility index (Phi) is 5.22. The molecule has 0 radical (unpaired) electrons. The first-order chi connectivity index (χ1) is 10.2. The summed E-state index contributed by atoms with van der Waals surface area (Å²) in [7, 11) is 1.63. The van der Waals surface area contributed by atoms with E-state index in [4.69, 9.17) is 4.74 Å². The van der Waals surface area contributed by atoms with Gasteiger partial charge in [0.05, 0.1) is 18.5 Å². The van der Waals surface area contributed by atoms with E-state index in [1.165, 1.54) is 12.3 Å². The smallest absolute Gasteiger partial charge is 0.319 e. The Labute approximate surface area is 122 Å². The lowest BCUT2D eigenvalue weighted by Crippen LogP contribution is -2.28. The fourth-order valence-corrected chi connectivity index (χ4v) is 1.82. The van der Waals surface area contributed by atoms with E-state index < -0.39 is 11.8 Å². The van der Waals surface area contributed by atoms with E-state index >= 15 is 0 Å². The van der Waals surface area contributed by atoms with Crippen molar-refractivity contribution in [1.29, 1.82) is 0 Å². The van der Waals surface area contributed by atoms with E-state index in [2.05, 4.69) is 15.6 Å². The molecule has 1 heterocycles. The Balaban J connectivity index is 1.89. The van der Waals surface area contributed by atoms with Gasteiger partial charge in [-0.25, -0.2) is 9.18 Å². The van der Waals surface area contributed by atoms with Gasteiger partial charge >= 0.3 is 6.03 Å². The molecule has 0 fully saturated rings. The van der Waals surface area contributed by atoms with E-state index in [-0.39, 0.29) is 5.69 Å². The first-order valence-electron chi connectivity index (χ1n) is 6.40. The molecule has 21 heavy (non-hydrogen) atoms. The van der Waals surface area contributed by atoms with Crippen molar-refractivity contribution in [3.05, 3.63) is 59.7 Å². The van der Waals surface area contributed by atoms with Crippen LogP contribution in [0.15, 0.2) is 42.7 Å². The zero-order valence-corrected chi connectivity index (χ0v) is 11.6. The highest BCUT2D eigenvalue weighted by atomic mass is 19.1. The summed E-state index contributed by atoms with van der Waals surface area (Å²) < 4.78 is 18.4. The fourth-order valence-electron chi connectivity index (χ4n) is 1.82. The zero-order valence-electron chi connectivity index (χ0n) is 11.6. The van der Waals surface area contributed by atoms with Crippen LogP contribution in [0.25, 0.3) is 0 Å². The van der Waals surface area contributed by atoms with Crippen molar-refractivity contribution in [3.63, 3.8) is 0 Å². The van der Waals surface area contributed by atoms with Crippen molar-refractivity contribution in [3.8, 4) is 0 Å². The summed E-state index contributed by atoms with van der Waals surface area (Å²) in [5.41, 5.74) is 2.06. The molecule has 0 aliphatic heterocycles. The highest BCUT2D eigenvalue weighted by Gasteiger charge is 2.06. The van der Waals surface area contributed by atoms with Crippen LogP contribution in [0.3, 0.4) is 0 Å². The van der Waals surface area contributed by atoms with Gasteiger partial charge in [0, 0.05) is 19.9 Å². The number of nitrogens with zero attached hydrogens (tertiary/aromatic N) is 1. The summed E-state index contributed by atoms with van der Waals surface area (Å²) >= 11 is 0. The predicted molar refractivity (Wildman–Crippen MR) is 77.2 cm³/mol. The van der Waals surface area contributed by atoms with Crippen LogP contribution >= 0.6 is 0 Å². The third kappa shape index (κ3) is 4.54. The fraction of sp³-hybridized carbons (Fsp3) is 0.200. The third-order valence-corrected chi connectivity index (χ3v) is 2.78. The van der Waals surface area contributed by atoms with Crippen molar-refractivity contribution in [2.24, 2.45) is 0 Å². The Morgan fingerprint density at radius 2 is 2.14 bits per heavy atom. The first-order valence-corrected chi connectivity index (χ1v) is 6.40. The van der Waals surface area contributed by atoms with Gasteiger partial charge in [-0.05, 0) is 17.2 Å². The molecule has 1 aromatic heterocycles. The van der Waals surface area contributed by atoms with Crippen molar-refractivity contribution < 1.29 is 13.9 Å². The molecule has 2 aromatic rings. The van der Waals surface area contributed by atoms with E-state index in [0.717, 1.165) is 17.3 Å². The molecule has 0 saturated carbocycles. The Bertz CT molecular complexity index is 619. The summed E-state index contributed by atoms with van der Waals surface area (Å²) in [5.74, 6) is -0.574. The lowest BCUT2D eigenvalue weighted by molar-refractivity contribution is 0.185. The van der Waals surface area contributed by atoms with Crippen LogP contribution in [-0.4, -0.2) is 18.1 Å². The highest BCUT2D eigenvalue weighted by Crippen LogP contribution is 2.10. The SMILES string of the molecule is COCc1cccc(CNC(=O)Nc2ccncc2F)c1. The number of amides is 2. The van der Waals surface area contributed by atoms with Gasteiger partial charge in [-0.1, -0.05) is 24.3 Å². The van der Waals surface area contributed by atoms with Gasteiger partial charge in [0.2, 0.25) is 0 Å². The van der Waals surface area contributed by atoms with E-state index in [1.54, 1.807) is 7.11 Å². The van der Waals surface area contributed by atoms with Crippen LogP contribution < -0.4 is 10.6 Å². The molecule has 0 atom stereocenters. The van der Waals surface area contributed by atoms with Crippen molar-refractivity contribution in [2.45, 2.75) is 13.2 Å². The number of pyridine rings is 1. The maximum atomic E-state index is 13.3. The molecule has 2 amide bonds. The second-order valence-corrected chi connectivity index (χ2v) is 4.42. The van der Waals surface area contributed by atoms with Gasteiger partial charge in [0.1, 0.15) is 0 Å². The molecule has 0 saturated heterocycles. The zero-order chi connectivity index (χ0) is 15.1.